The number of rotatable bonds is 1. The molecule has 0 radical (unpaired) electrons. The molecular weight excluding hydrogens is 296 g/mol. The number of ether oxygens (including phenoxy) is 1. The Morgan fingerprint density at radius 2 is 2.04 bits per heavy atom. The zero-order chi connectivity index (χ0) is 16.5. The molecule has 5 rings (SSSR count). The van der Waals surface area contributed by atoms with Crippen molar-refractivity contribution in [3.63, 3.8) is 0 Å². The van der Waals surface area contributed by atoms with Crippen LogP contribution in [0.3, 0.4) is 0 Å². The largest absolute Gasteiger partial charge is 0.364 e. The van der Waals surface area contributed by atoms with Crippen LogP contribution in [-0.4, -0.2) is 40.8 Å². The number of epoxide rings is 1. The Kier molecular flexibility index (Phi) is 3.03. The number of fused-ring (bicyclic) bond motifs is 7. The molecule has 2 aromatic rings. The normalized spacial score (nSPS) is 38.0. The van der Waals surface area contributed by atoms with Gasteiger partial charge >= 0.3 is 0 Å². The van der Waals surface area contributed by atoms with Crippen LogP contribution in [0, 0.1) is 5.41 Å². The molecule has 4 atom stereocenters. The van der Waals surface area contributed by atoms with Crippen LogP contribution in [0.25, 0.3) is 10.9 Å². The van der Waals surface area contributed by atoms with E-state index < -0.39 is 0 Å². The van der Waals surface area contributed by atoms with Gasteiger partial charge in [0.05, 0.1) is 6.10 Å². The molecule has 2 saturated heterocycles. The molecule has 0 amide bonds. The van der Waals surface area contributed by atoms with E-state index in [1.807, 2.05) is 0 Å². The Balaban J connectivity index is 1.61. The van der Waals surface area contributed by atoms with Crippen LogP contribution in [0.15, 0.2) is 24.3 Å². The van der Waals surface area contributed by atoms with Crippen molar-refractivity contribution in [3.05, 3.63) is 35.5 Å². The van der Waals surface area contributed by atoms with Gasteiger partial charge in [-0.15, -0.1) is 0 Å². The lowest BCUT2D eigenvalue weighted by molar-refractivity contribution is 0.0841. The SMILES string of the molecule is CCC12CCc3c(c4ccccc4n3C)CCN(C1)CC1(C)OC21. The molecule has 3 aliphatic rings. The maximum atomic E-state index is 6.25. The highest BCUT2D eigenvalue weighted by Crippen LogP contribution is 2.55. The second kappa shape index (κ2) is 4.86. The molecule has 0 aliphatic carbocycles. The summed E-state index contributed by atoms with van der Waals surface area (Å²) in [5, 5.41) is 1.46. The molecule has 128 valence electrons. The van der Waals surface area contributed by atoms with E-state index in [1.54, 1.807) is 11.3 Å². The molecule has 2 fully saturated rings. The summed E-state index contributed by atoms with van der Waals surface area (Å²) >= 11 is 0. The average Bonchev–Trinajstić information content (AvgIpc) is 3.19. The topological polar surface area (TPSA) is 20.7 Å². The molecule has 0 N–H and O–H groups in total. The molecule has 4 heterocycles. The summed E-state index contributed by atoms with van der Waals surface area (Å²) in [6, 6.07) is 8.93. The Bertz CT molecular complexity index is 810. The van der Waals surface area contributed by atoms with Crippen molar-refractivity contribution < 1.29 is 4.74 Å². The third kappa shape index (κ3) is 1.91. The third-order valence-corrected chi connectivity index (χ3v) is 7.10. The van der Waals surface area contributed by atoms with Gasteiger partial charge in [-0.05, 0) is 44.2 Å². The maximum Gasteiger partial charge on any atom is 0.105 e. The molecule has 0 spiro atoms. The van der Waals surface area contributed by atoms with Crippen LogP contribution in [-0.2, 0) is 24.6 Å². The van der Waals surface area contributed by atoms with E-state index in [1.165, 1.54) is 36.7 Å². The molecule has 4 unspecified atom stereocenters. The summed E-state index contributed by atoms with van der Waals surface area (Å²) in [5.74, 6) is 0. The number of piperidine rings is 1. The molecule has 2 bridgehead atoms. The summed E-state index contributed by atoms with van der Waals surface area (Å²) in [5.41, 5.74) is 4.99. The summed E-state index contributed by atoms with van der Waals surface area (Å²) in [6.07, 6.45) is 5.29. The maximum absolute atomic E-state index is 6.25. The highest BCUT2D eigenvalue weighted by molar-refractivity contribution is 5.85. The van der Waals surface area contributed by atoms with E-state index in [0.29, 0.717) is 11.5 Å². The second-order valence-corrected chi connectivity index (χ2v) is 8.49. The average molecular weight is 324 g/mol. The Morgan fingerprint density at radius 1 is 1.21 bits per heavy atom. The van der Waals surface area contributed by atoms with Crippen LogP contribution in [0.2, 0.25) is 0 Å². The monoisotopic (exact) mass is 324 g/mol. The predicted octanol–water partition coefficient (Wildman–Crippen LogP) is 3.54. The number of para-hydroxylation sites is 1. The van der Waals surface area contributed by atoms with Crippen LogP contribution in [0.4, 0.5) is 0 Å². The van der Waals surface area contributed by atoms with Gasteiger partial charge in [0.25, 0.3) is 0 Å². The van der Waals surface area contributed by atoms with Crippen LogP contribution in [0.1, 0.15) is 37.9 Å². The number of aromatic nitrogens is 1. The van der Waals surface area contributed by atoms with E-state index in [9.17, 15) is 0 Å². The van der Waals surface area contributed by atoms with Gasteiger partial charge in [0.15, 0.2) is 0 Å². The molecule has 3 heteroatoms. The molecule has 3 nitrogen and oxygen atoms in total. The lowest BCUT2D eigenvalue weighted by Crippen LogP contribution is -2.52. The van der Waals surface area contributed by atoms with Crippen molar-refractivity contribution in [2.24, 2.45) is 12.5 Å². The number of hydrogen-bond donors (Lipinski definition) is 0. The van der Waals surface area contributed by atoms with E-state index in [2.05, 4.69) is 54.6 Å². The van der Waals surface area contributed by atoms with Gasteiger partial charge in [-0.25, -0.2) is 0 Å². The molecular formula is C21H28N2O. The fourth-order valence-corrected chi connectivity index (χ4v) is 5.76. The first-order valence-corrected chi connectivity index (χ1v) is 9.52. The van der Waals surface area contributed by atoms with Crippen molar-refractivity contribution in [3.8, 4) is 0 Å². The summed E-state index contributed by atoms with van der Waals surface area (Å²) in [4.78, 5) is 2.68. The first-order chi connectivity index (χ1) is 11.6. The number of hydrogen-bond acceptors (Lipinski definition) is 2. The zero-order valence-corrected chi connectivity index (χ0v) is 15.1. The number of aryl methyl sites for hydroxylation is 1. The first-order valence-electron chi connectivity index (χ1n) is 9.52. The quantitative estimate of drug-likeness (QED) is 0.748. The van der Waals surface area contributed by atoms with Gasteiger partial charge < -0.3 is 9.30 Å². The first kappa shape index (κ1) is 15.0. The standard InChI is InChI=1S/C21H28N2O/c1-4-21-11-9-18-16(15-7-5-6-8-17(15)22(18)3)10-12-23(14-21)13-20(2)19(21)24-20/h5-8,19H,4,9-14H2,1-3H3. The van der Waals surface area contributed by atoms with Gasteiger partial charge in [0.2, 0.25) is 0 Å². The Morgan fingerprint density at radius 3 is 2.88 bits per heavy atom. The molecule has 3 aliphatic heterocycles. The number of nitrogens with zero attached hydrogens (tertiary/aromatic N) is 2. The molecule has 1 aromatic heterocycles. The van der Waals surface area contributed by atoms with Crippen molar-refractivity contribution in [1.29, 1.82) is 0 Å². The van der Waals surface area contributed by atoms with Gasteiger partial charge in [-0.3, -0.25) is 4.90 Å². The Hall–Kier alpha value is -1.32. The van der Waals surface area contributed by atoms with Crippen LogP contribution < -0.4 is 0 Å². The predicted molar refractivity (Wildman–Crippen MR) is 97.4 cm³/mol. The van der Waals surface area contributed by atoms with Crippen LogP contribution >= 0.6 is 0 Å². The minimum atomic E-state index is 0.118. The summed E-state index contributed by atoms with van der Waals surface area (Å²) < 4.78 is 8.70. The lowest BCUT2D eigenvalue weighted by atomic mass is 9.71. The highest BCUT2D eigenvalue weighted by atomic mass is 16.6. The molecule has 1 aromatic carbocycles. The molecule has 0 saturated carbocycles. The highest BCUT2D eigenvalue weighted by Gasteiger charge is 2.65. The third-order valence-electron chi connectivity index (χ3n) is 7.10. The summed E-state index contributed by atoms with van der Waals surface area (Å²) in [7, 11) is 2.25. The van der Waals surface area contributed by atoms with E-state index >= 15 is 0 Å². The minimum Gasteiger partial charge on any atom is -0.364 e. The number of benzene rings is 1. The van der Waals surface area contributed by atoms with Gasteiger partial charge in [-0.2, -0.15) is 0 Å². The lowest BCUT2D eigenvalue weighted by Gasteiger charge is -2.41. The summed E-state index contributed by atoms with van der Waals surface area (Å²) in [6.45, 7) is 8.18. The molecule has 24 heavy (non-hydrogen) atoms. The fraction of sp³-hybridized carbons (Fsp3) is 0.619. The van der Waals surface area contributed by atoms with Crippen molar-refractivity contribution in [1.82, 2.24) is 9.47 Å². The van der Waals surface area contributed by atoms with E-state index in [4.69, 9.17) is 4.74 Å². The minimum absolute atomic E-state index is 0.118. The van der Waals surface area contributed by atoms with E-state index in [-0.39, 0.29) is 5.60 Å². The van der Waals surface area contributed by atoms with Crippen molar-refractivity contribution >= 4 is 10.9 Å². The Labute approximate surface area is 144 Å². The van der Waals surface area contributed by atoms with Crippen molar-refractivity contribution in [2.75, 3.05) is 19.6 Å². The van der Waals surface area contributed by atoms with Crippen molar-refractivity contribution in [2.45, 2.75) is 51.2 Å². The zero-order valence-electron chi connectivity index (χ0n) is 15.1. The van der Waals surface area contributed by atoms with Gasteiger partial charge in [-0.1, -0.05) is 25.1 Å². The van der Waals surface area contributed by atoms with Gasteiger partial charge in [0, 0.05) is 48.7 Å². The second-order valence-electron chi connectivity index (χ2n) is 8.49. The fourth-order valence-electron chi connectivity index (χ4n) is 5.76. The van der Waals surface area contributed by atoms with E-state index in [0.717, 1.165) is 19.5 Å². The van der Waals surface area contributed by atoms with Gasteiger partial charge in [0.1, 0.15) is 5.60 Å². The van der Waals surface area contributed by atoms with Crippen LogP contribution in [0.5, 0.6) is 0 Å². The smallest absolute Gasteiger partial charge is 0.105 e.